The van der Waals surface area contributed by atoms with Gasteiger partial charge in [0.15, 0.2) is 0 Å². The second-order valence-corrected chi connectivity index (χ2v) is 12.2. The van der Waals surface area contributed by atoms with Gasteiger partial charge >= 0.3 is 12.1 Å². The number of benzene rings is 1. The molecular weight excluding hydrogens is 528 g/mol. The van der Waals surface area contributed by atoms with Gasteiger partial charge in [-0.05, 0) is 76.3 Å². The van der Waals surface area contributed by atoms with Gasteiger partial charge in [-0.3, -0.25) is 9.59 Å². The lowest BCUT2D eigenvalue weighted by atomic mass is 9.83. The number of hydrogen-bond acceptors (Lipinski definition) is 7. The Hall–Kier alpha value is -2.85. The predicted octanol–water partition coefficient (Wildman–Crippen LogP) is 4.89. The van der Waals surface area contributed by atoms with Gasteiger partial charge in [-0.2, -0.15) is 0 Å². The third kappa shape index (κ3) is 14.1. The van der Waals surface area contributed by atoms with Crippen molar-refractivity contribution in [1.29, 1.82) is 0 Å². The van der Waals surface area contributed by atoms with Crippen LogP contribution in [-0.2, 0) is 14.3 Å². The first-order chi connectivity index (χ1) is 19.2. The zero-order chi connectivity index (χ0) is 31.2. The van der Waals surface area contributed by atoms with Gasteiger partial charge in [0, 0.05) is 20.3 Å². The minimum atomic E-state index is -1.13. The van der Waals surface area contributed by atoms with Crippen LogP contribution < -0.4 is 15.4 Å². The number of aliphatic hydroxyl groups excluding tert-OH is 1. The molecule has 4 atom stereocenters. The van der Waals surface area contributed by atoms with Gasteiger partial charge < -0.3 is 35.1 Å². The van der Waals surface area contributed by atoms with E-state index in [2.05, 4.69) is 10.6 Å². The van der Waals surface area contributed by atoms with E-state index in [9.17, 15) is 24.6 Å². The molecule has 0 heterocycles. The number of carbonyl (C=O) groups is 3. The number of para-hydroxylation sites is 1. The van der Waals surface area contributed by atoms with Crippen molar-refractivity contribution < 1.29 is 38.8 Å². The smallest absolute Gasteiger partial charge is 0.407 e. The quantitative estimate of drug-likeness (QED) is 0.180. The summed E-state index contributed by atoms with van der Waals surface area (Å²) >= 11 is 0. The molecule has 0 saturated carbocycles. The van der Waals surface area contributed by atoms with E-state index in [4.69, 9.17) is 14.2 Å². The van der Waals surface area contributed by atoms with Gasteiger partial charge in [-0.25, -0.2) is 4.79 Å². The van der Waals surface area contributed by atoms with Crippen LogP contribution in [0.5, 0.6) is 5.75 Å². The summed E-state index contributed by atoms with van der Waals surface area (Å²) in [5.74, 6) is -1.83. The van der Waals surface area contributed by atoms with E-state index in [1.54, 1.807) is 59.9 Å². The Labute approximate surface area is 245 Å². The standard InChI is InChI=1S/C31H52N2O8/c1-20(2)22(19-32-28(35)23-13-9-10-14-27(23)40-16-12-11-15-39-8)17-25(33-30(38)41-31(5,6)7)26(34)18-24(21(3)4)29(36)37/h9-10,13-14,20-22,24-26,34H,11-12,15-19H2,1-8H3,(H,32,35)(H,33,38)(H,36,37)/t22-,24+,25+,26+/m1/s1. The molecule has 0 aliphatic rings. The molecule has 0 radical (unpaired) electrons. The second-order valence-electron chi connectivity index (χ2n) is 12.2. The van der Waals surface area contributed by atoms with Gasteiger partial charge in [-0.1, -0.05) is 39.8 Å². The molecule has 1 aromatic carbocycles. The molecule has 1 rings (SSSR count). The number of nitrogens with one attached hydrogen (secondary N) is 2. The predicted molar refractivity (Wildman–Crippen MR) is 158 cm³/mol. The zero-order valence-corrected chi connectivity index (χ0v) is 26.1. The molecule has 2 amide bonds. The molecule has 0 unspecified atom stereocenters. The van der Waals surface area contributed by atoms with Gasteiger partial charge in [0.2, 0.25) is 0 Å². The second kappa shape index (κ2) is 17.9. The summed E-state index contributed by atoms with van der Waals surface area (Å²) in [4.78, 5) is 37.6. The fraction of sp³-hybridized carbons (Fsp3) is 0.710. The first-order valence-electron chi connectivity index (χ1n) is 14.6. The molecule has 4 N–H and O–H groups in total. The van der Waals surface area contributed by atoms with Crippen LogP contribution in [0, 0.1) is 23.7 Å². The number of methoxy groups -OCH3 is 1. The lowest BCUT2D eigenvalue weighted by Crippen LogP contribution is -2.49. The molecule has 0 fully saturated rings. The van der Waals surface area contributed by atoms with E-state index in [1.807, 2.05) is 19.9 Å². The molecule has 0 aliphatic carbocycles. The fourth-order valence-electron chi connectivity index (χ4n) is 4.40. The van der Waals surface area contributed by atoms with Gasteiger partial charge in [0.25, 0.3) is 5.91 Å². The lowest BCUT2D eigenvalue weighted by Gasteiger charge is -2.32. The van der Waals surface area contributed by atoms with E-state index >= 15 is 0 Å². The summed E-state index contributed by atoms with van der Waals surface area (Å²) in [5, 5.41) is 26.5. The van der Waals surface area contributed by atoms with Crippen molar-refractivity contribution in [3.05, 3.63) is 29.8 Å². The molecule has 0 aliphatic heterocycles. The van der Waals surface area contributed by atoms with Crippen molar-refractivity contribution in [2.24, 2.45) is 23.7 Å². The van der Waals surface area contributed by atoms with Crippen LogP contribution in [-0.4, -0.2) is 72.8 Å². The first-order valence-corrected chi connectivity index (χ1v) is 14.6. The van der Waals surface area contributed by atoms with Crippen LogP contribution in [0.25, 0.3) is 0 Å². The van der Waals surface area contributed by atoms with Crippen LogP contribution in [0.1, 0.15) is 84.5 Å². The molecule has 41 heavy (non-hydrogen) atoms. The Balaban J connectivity index is 3.02. The summed E-state index contributed by atoms with van der Waals surface area (Å²) in [6, 6.07) is 6.28. The number of aliphatic hydroxyl groups is 1. The zero-order valence-electron chi connectivity index (χ0n) is 26.1. The van der Waals surface area contributed by atoms with Crippen molar-refractivity contribution in [3.63, 3.8) is 0 Å². The Morgan fingerprint density at radius 1 is 0.951 bits per heavy atom. The maximum atomic E-state index is 13.2. The summed E-state index contributed by atoms with van der Waals surface area (Å²) in [7, 11) is 1.65. The van der Waals surface area contributed by atoms with E-state index in [0.29, 0.717) is 30.9 Å². The van der Waals surface area contributed by atoms with Crippen molar-refractivity contribution in [2.75, 3.05) is 26.9 Å². The molecule has 0 saturated heterocycles. The lowest BCUT2D eigenvalue weighted by molar-refractivity contribution is -0.144. The van der Waals surface area contributed by atoms with Crippen LogP contribution in [0.4, 0.5) is 4.79 Å². The number of carboxylic acids is 1. The largest absolute Gasteiger partial charge is 0.493 e. The highest BCUT2D eigenvalue weighted by atomic mass is 16.6. The van der Waals surface area contributed by atoms with Crippen LogP contribution >= 0.6 is 0 Å². The first kappa shape index (κ1) is 36.2. The average Bonchev–Trinajstić information content (AvgIpc) is 2.87. The summed E-state index contributed by atoms with van der Waals surface area (Å²) in [6.45, 7) is 14.2. The SMILES string of the molecule is COCCCCOc1ccccc1C(=O)NC[C@@H](C[C@H](NC(=O)OC(C)(C)C)[C@@H](O)C[C@H](C(=O)O)C(C)C)C(C)C. The van der Waals surface area contributed by atoms with Crippen LogP contribution in [0.2, 0.25) is 0 Å². The maximum Gasteiger partial charge on any atom is 0.407 e. The molecule has 1 aromatic rings. The minimum absolute atomic E-state index is 0.0280. The molecule has 0 bridgehead atoms. The van der Waals surface area contributed by atoms with Crippen LogP contribution in [0.3, 0.4) is 0 Å². The Morgan fingerprint density at radius 2 is 1.59 bits per heavy atom. The number of unbranched alkanes of at least 4 members (excludes halogenated alkanes) is 1. The highest BCUT2D eigenvalue weighted by molar-refractivity contribution is 5.96. The van der Waals surface area contributed by atoms with Gasteiger partial charge in [0.1, 0.15) is 11.4 Å². The monoisotopic (exact) mass is 580 g/mol. The molecule has 10 nitrogen and oxygen atoms in total. The summed E-state index contributed by atoms with van der Waals surface area (Å²) < 4.78 is 16.3. The van der Waals surface area contributed by atoms with E-state index < -0.39 is 35.7 Å². The summed E-state index contributed by atoms with van der Waals surface area (Å²) in [5.41, 5.74) is -0.322. The van der Waals surface area contributed by atoms with Crippen molar-refractivity contribution in [2.45, 2.75) is 91.9 Å². The number of rotatable bonds is 18. The van der Waals surface area contributed by atoms with E-state index in [1.165, 1.54) is 0 Å². The molecule has 0 aromatic heterocycles. The molecular formula is C31H52N2O8. The third-order valence-electron chi connectivity index (χ3n) is 6.94. The third-order valence-corrected chi connectivity index (χ3v) is 6.94. The number of carboxylic acid groups (broad SMARTS) is 1. The maximum absolute atomic E-state index is 13.2. The normalized spacial score (nSPS) is 14.7. The number of aliphatic carboxylic acids is 1. The fourth-order valence-corrected chi connectivity index (χ4v) is 4.40. The Kier molecular flexibility index (Phi) is 15.8. The molecule has 10 heteroatoms. The minimum Gasteiger partial charge on any atom is -0.493 e. The van der Waals surface area contributed by atoms with E-state index in [0.717, 1.165) is 12.8 Å². The Bertz CT molecular complexity index is 944. The van der Waals surface area contributed by atoms with Crippen molar-refractivity contribution in [3.8, 4) is 5.75 Å². The average molecular weight is 581 g/mol. The molecule has 0 spiro atoms. The Morgan fingerprint density at radius 3 is 2.15 bits per heavy atom. The number of amides is 2. The number of carbonyl (C=O) groups excluding carboxylic acids is 2. The van der Waals surface area contributed by atoms with E-state index in [-0.39, 0.29) is 36.6 Å². The van der Waals surface area contributed by atoms with Crippen molar-refractivity contribution in [1.82, 2.24) is 10.6 Å². The molecule has 234 valence electrons. The van der Waals surface area contributed by atoms with Gasteiger partial charge in [0.05, 0.1) is 30.2 Å². The van der Waals surface area contributed by atoms with Crippen LogP contribution in [0.15, 0.2) is 24.3 Å². The van der Waals surface area contributed by atoms with Gasteiger partial charge in [-0.15, -0.1) is 0 Å². The number of ether oxygens (including phenoxy) is 3. The topological polar surface area (TPSA) is 143 Å². The summed E-state index contributed by atoms with van der Waals surface area (Å²) in [6.07, 6.45) is 0.111. The number of hydrogen-bond donors (Lipinski definition) is 4. The highest BCUT2D eigenvalue weighted by Gasteiger charge is 2.33. The number of alkyl carbamates (subject to hydrolysis) is 1. The highest BCUT2D eigenvalue weighted by Crippen LogP contribution is 2.25. The van der Waals surface area contributed by atoms with Crippen molar-refractivity contribution >= 4 is 18.0 Å².